The van der Waals surface area contributed by atoms with E-state index in [9.17, 15) is 0 Å². The molecule has 0 saturated heterocycles. The Hall–Kier alpha value is -1.59. The van der Waals surface area contributed by atoms with Crippen molar-refractivity contribution >= 4 is 11.6 Å². The van der Waals surface area contributed by atoms with Crippen LogP contribution in [0.2, 0.25) is 0 Å². The SMILES string of the molecule is COCC(C)N=C(NN)Nc1c(C)cc(C)cc1C. The first-order chi connectivity index (χ1) is 8.97. The number of rotatable bonds is 4. The molecule has 5 heteroatoms. The third kappa shape index (κ3) is 4.54. The van der Waals surface area contributed by atoms with Gasteiger partial charge in [0.1, 0.15) is 0 Å². The van der Waals surface area contributed by atoms with Crippen LogP contribution in [0.4, 0.5) is 5.69 Å². The molecule has 0 radical (unpaired) electrons. The fraction of sp³-hybridized carbons (Fsp3) is 0.500. The maximum atomic E-state index is 5.51. The maximum absolute atomic E-state index is 5.51. The minimum atomic E-state index is 0.0367. The van der Waals surface area contributed by atoms with Crippen LogP contribution in [0.5, 0.6) is 0 Å². The number of aryl methyl sites for hydroxylation is 3. The molecule has 1 aromatic carbocycles. The van der Waals surface area contributed by atoms with Crippen LogP contribution in [0.15, 0.2) is 17.1 Å². The van der Waals surface area contributed by atoms with Crippen LogP contribution in [0.1, 0.15) is 23.6 Å². The highest BCUT2D eigenvalue weighted by Gasteiger charge is 2.07. The predicted molar refractivity (Wildman–Crippen MR) is 80.4 cm³/mol. The fourth-order valence-corrected chi connectivity index (χ4v) is 2.10. The number of hydrazine groups is 1. The summed E-state index contributed by atoms with van der Waals surface area (Å²) in [6, 6.07) is 4.29. The molecule has 0 aliphatic heterocycles. The molecule has 1 atom stereocenters. The first-order valence-corrected chi connectivity index (χ1v) is 6.36. The smallest absolute Gasteiger partial charge is 0.210 e. The van der Waals surface area contributed by atoms with Crippen molar-refractivity contribution in [3.8, 4) is 0 Å². The van der Waals surface area contributed by atoms with E-state index >= 15 is 0 Å². The Kier molecular flexibility index (Phi) is 5.79. The molecule has 0 aliphatic carbocycles. The zero-order valence-corrected chi connectivity index (χ0v) is 12.4. The molecule has 4 N–H and O–H groups in total. The summed E-state index contributed by atoms with van der Waals surface area (Å²) in [4.78, 5) is 4.43. The van der Waals surface area contributed by atoms with Crippen LogP contribution in [0, 0.1) is 20.8 Å². The molecule has 0 aromatic heterocycles. The molecule has 5 nitrogen and oxygen atoms in total. The third-order valence-electron chi connectivity index (χ3n) is 2.81. The van der Waals surface area contributed by atoms with E-state index in [2.05, 4.69) is 48.6 Å². The number of hydrogen-bond acceptors (Lipinski definition) is 3. The van der Waals surface area contributed by atoms with E-state index in [1.807, 2.05) is 6.92 Å². The fourth-order valence-electron chi connectivity index (χ4n) is 2.10. The van der Waals surface area contributed by atoms with E-state index in [4.69, 9.17) is 10.6 Å². The largest absolute Gasteiger partial charge is 0.382 e. The number of hydrogen-bond donors (Lipinski definition) is 3. The van der Waals surface area contributed by atoms with Crippen LogP contribution in [-0.2, 0) is 4.74 Å². The summed E-state index contributed by atoms with van der Waals surface area (Å²) in [5, 5.41) is 3.24. The molecular formula is C14H24N4O. The van der Waals surface area contributed by atoms with E-state index < -0.39 is 0 Å². The molecule has 19 heavy (non-hydrogen) atoms. The number of nitrogens with zero attached hydrogens (tertiary/aromatic N) is 1. The average molecular weight is 264 g/mol. The minimum Gasteiger partial charge on any atom is -0.382 e. The maximum Gasteiger partial charge on any atom is 0.210 e. The topological polar surface area (TPSA) is 71.7 Å². The van der Waals surface area contributed by atoms with Crippen molar-refractivity contribution < 1.29 is 4.74 Å². The summed E-state index contributed by atoms with van der Waals surface area (Å²) in [5.41, 5.74) is 7.20. The molecule has 0 bridgehead atoms. The monoisotopic (exact) mass is 264 g/mol. The van der Waals surface area contributed by atoms with Crippen molar-refractivity contribution in [2.24, 2.45) is 10.8 Å². The van der Waals surface area contributed by atoms with E-state index in [1.54, 1.807) is 7.11 Å². The van der Waals surface area contributed by atoms with E-state index in [1.165, 1.54) is 16.7 Å². The quantitative estimate of drug-likeness (QED) is 0.336. The molecule has 0 fully saturated rings. The van der Waals surface area contributed by atoms with Crippen molar-refractivity contribution in [3.63, 3.8) is 0 Å². The number of guanidine groups is 1. The number of benzene rings is 1. The Balaban J connectivity index is 2.93. The summed E-state index contributed by atoms with van der Waals surface area (Å²) in [5.74, 6) is 6.05. The lowest BCUT2D eigenvalue weighted by atomic mass is 10.1. The molecule has 0 spiro atoms. The van der Waals surface area contributed by atoms with Crippen molar-refractivity contribution in [3.05, 3.63) is 28.8 Å². The number of aliphatic imine (C=N–C) groups is 1. The lowest BCUT2D eigenvalue weighted by molar-refractivity contribution is 0.185. The van der Waals surface area contributed by atoms with Gasteiger partial charge in [-0.15, -0.1) is 0 Å². The van der Waals surface area contributed by atoms with E-state index in [-0.39, 0.29) is 6.04 Å². The first kappa shape index (κ1) is 15.5. The van der Waals surface area contributed by atoms with Gasteiger partial charge in [-0.25, -0.2) is 10.8 Å². The molecule has 1 unspecified atom stereocenters. The summed E-state index contributed by atoms with van der Waals surface area (Å²) in [6.07, 6.45) is 0. The van der Waals surface area contributed by atoms with Gasteiger partial charge in [0.05, 0.1) is 12.6 Å². The average Bonchev–Trinajstić information content (AvgIpc) is 2.32. The van der Waals surface area contributed by atoms with E-state index in [0.29, 0.717) is 12.6 Å². The highest BCUT2D eigenvalue weighted by atomic mass is 16.5. The molecule has 0 aliphatic rings. The van der Waals surface area contributed by atoms with Crippen LogP contribution in [0.25, 0.3) is 0 Å². The van der Waals surface area contributed by atoms with Gasteiger partial charge in [0.15, 0.2) is 0 Å². The van der Waals surface area contributed by atoms with Gasteiger partial charge in [0.25, 0.3) is 0 Å². The lowest BCUT2D eigenvalue weighted by Gasteiger charge is -2.16. The van der Waals surface area contributed by atoms with Crippen LogP contribution >= 0.6 is 0 Å². The summed E-state index contributed by atoms with van der Waals surface area (Å²) >= 11 is 0. The number of methoxy groups -OCH3 is 1. The normalized spacial score (nSPS) is 13.3. The Morgan fingerprint density at radius 2 is 1.89 bits per heavy atom. The van der Waals surface area contributed by atoms with Gasteiger partial charge in [-0.1, -0.05) is 17.7 Å². The highest BCUT2D eigenvalue weighted by Crippen LogP contribution is 2.21. The standard InChI is InChI=1S/C14H24N4O/c1-9-6-10(2)13(11(3)7-9)17-14(18-15)16-12(4)8-19-5/h6-7,12H,8,15H2,1-5H3,(H2,16,17,18). The lowest BCUT2D eigenvalue weighted by Crippen LogP contribution is -2.37. The molecule has 1 rings (SSSR count). The summed E-state index contributed by atoms with van der Waals surface area (Å²) in [6.45, 7) is 8.74. The molecule has 0 saturated carbocycles. The van der Waals surface area contributed by atoms with Crippen molar-refractivity contribution in [1.82, 2.24) is 5.43 Å². The van der Waals surface area contributed by atoms with Gasteiger partial charge in [0.2, 0.25) is 5.96 Å². The van der Waals surface area contributed by atoms with Crippen LogP contribution in [-0.4, -0.2) is 25.7 Å². The Morgan fingerprint density at radius 1 is 1.32 bits per heavy atom. The highest BCUT2D eigenvalue weighted by molar-refractivity contribution is 5.94. The number of nitrogens with one attached hydrogen (secondary N) is 2. The second-order valence-electron chi connectivity index (χ2n) is 4.83. The summed E-state index contributed by atoms with van der Waals surface area (Å²) in [7, 11) is 1.66. The summed E-state index contributed by atoms with van der Waals surface area (Å²) < 4.78 is 5.06. The zero-order valence-electron chi connectivity index (χ0n) is 12.4. The van der Waals surface area contributed by atoms with Gasteiger partial charge in [0, 0.05) is 12.8 Å². The zero-order chi connectivity index (χ0) is 14.4. The second-order valence-corrected chi connectivity index (χ2v) is 4.83. The minimum absolute atomic E-state index is 0.0367. The molecule has 0 amide bonds. The van der Waals surface area contributed by atoms with Gasteiger partial charge in [-0.2, -0.15) is 0 Å². The Bertz CT molecular complexity index is 434. The molecular weight excluding hydrogens is 240 g/mol. The van der Waals surface area contributed by atoms with Gasteiger partial charge in [-0.3, -0.25) is 5.43 Å². The van der Waals surface area contributed by atoms with Gasteiger partial charge >= 0.3 is 0 Å². The van der Waals surface area contributed by atoms with Crippen LogP contribution in [0.3, 0.4) is 0 Å². The third-order valence-corrected chi connectivity index (χ3v) is 2.81. The molecule has 1 aromatic rings. The number of nitrogens with two attached hydrogens (primary N) is 1. The van der Waals surface area contributed by atoms with Crippen LogP contribution < -0.4 is 16.6 Å². The van der Waals surface area contributed by atoms with Crippen molar-refractivity contribution in [2.75, 3.05) is 19.0 Å². The molecule has 0 heterocycles. The van der Waals surface area contributed by atoms with E-state index in [0.717, 1.165) is 5.69 Å². The predicted octanol–water partition coefficient (Wildman–Crippen LogP) is 1.88. The Morgan fingerprint density at radius 3 is 2.37 bits per heavy atom. The van der Waals surface area contributed by atoms with Crippen molar-refractivity contribution in [1.29, 1.82) is 0 Å². The second kappa shape index (κ2) is 7.11. The van der Waals surface area contributed by atoms with Gasteiger partial charge < -0.3 is 10.1 Å². The first-order valence-electron chi connectivity index (χ1n) is 6.36. The molecule has 106 valence electrons. The number of ether oxygens (including phenoxy) is 1. The van der Waals surface area contributed by atoms with Gasteiger partial charge in [-0.05, 0) is 38.8 Å². The Labute approximate surface area is 115 Å². The van der Waals surface area contributed by atoms with Crippen molar-refractivity contribution in [2.45, 2.75) is 33.7 Å². The number of anilines is 1.